The van der Waals surface area contributed by atoms with Crippen molar-refractivity contribution in [1.82, 2.24) is 14.5 Å². The first-order chi connectivity index (χ1) is 22.9. The molecule has 6 aliphatic carbocycles. The number of aromatic carboxylic acids is 1. The Morgan fingerprint density at radius 1 is 0.833 bits per heavy atom. The van der Waals surface area contributed by atoms with Gasteiger partial charge in [0.15, 0.2) is 0 Å². The van der Waals surface area contributed by atoms with Crippen molar-refractivity contribution in [2.75, 3.05) is 39.3 Å². The summed E-state index contributed by atoms with van der Waals surface area (Å²) in [6.45, 7) is 20.5. The molecule has 2 N–H and O–H groups in total. The highest BCUT2D eigenvalue weighted by Crippen LogP contribution is 2.76. The molecule has 0 amide bonds. The fourth-order valence-electron chi connectivity index (χ4n) is 13.7. The van der Waals surface area contributed by atoms with Crippen molar-refractivity contribution >= 4 is 23.5 Å². The quantitative estimate of drug-likeness (QED) is 0.269. The monoisotopic (exact) mass is 673 g/mol. The van der Waals surface area contributed by atoms with Crippen LogP contribution in [0.25, 0.3) is 5.57 Å². The van der Waals surface area contributed by atoms with Gasteiger partial charge in [-0.05, 0) is 139 Å². The fraction of sp³-hybridized carbons (Fsp3) is 0.786. The lowest BCUT2D eigenvalue weighted by Crippen LogP contribution is -2.67. The van der Waals surface area contributed by atoms with E-state index in [1.165, 1.54) is 114 Å². The van der Waals surface area contributed by atoms with E-state index in [9.17, 15) is 9.90 Å². The molecule has 1 saturated heterocycles. The van der Waals surface area contributed by atoms with Gasteiger partial charge < -0.3 is 10.4 Å². The van der Waals surface area contributed by atoms with Crippen molar-refractivity contribution in [3.8, 4) is 0 Å². The molecular weight excluding hydrogens is 611 g/mol. The van der Waals surface area contributed by atoms with E-state index in [4.69, 9.17) is 0 Å². The summed E-state index contributed by atoms with van der Waals surface area (Å²) in [5.74, 6) is 2.25. The molecule has 48 heavy (non-hydrogen) atoms. The Hall–Kier alpha value is -1.34. The van der Waals surface area contributed by atoms with Crippen LogP contribution in [0.3, 0.4) is 0 Å². The molecule has 1 heterocycles. The average Bonchev–Trinajstić information content (AvgIpc) is 3.77. The molecule has 5 nitrogen and oxygen atoms in total. The number of fused-ring (bicyclic) bond motifs is 7. The zero-order valence-corrected chi connectivity index (χ0v) is 31.5. The number of hydrogen-bond acceptors (Lipinski definition) is 5. The SMILES string of the molecule is CC1(C)C(c2ccc(C(=O)O)cc2)=CC[C@@]2(C)C1CC[C@]1(C)C2CC[C@@H]2C3CCC[C@]3(NCCN3CCN(SC4CC4)CC3)CC[C@]21C. The molecule has 8 atom stereocenters. The van der Waals surface area contributed by atoms with Crippen LogP contribution in [0.2, 0.25) is 0 Å². The summed E-state index contributed by atoms with van der Waals surface area (Å²) >= 11 is 2.14. The number of benzene rings is 1. The number of hydrogen-bond donors (Lipinski definition) is 2. The van der Waals surface area contributed by atoms with Crippen LogP contribution in [0.4, 0.5) is 0 Å². The minimum absolute atomic E-state index is 0.0661. The molecule has 264 valence electrons. The van der Waals surface area contributed by atoms with Gasteiger partial charge in [-0.25, -0.2) is 9.10 Å². The molecule has 6 fully saturated rings. The predicted molar refractivity (Wildman–Crippen MR) is 199 cm³/mol. The van der Waals surface area contributed by atoms with Crippen LogP contribution in [0, 0.1) is 45.3 Å². The van der Waals surface area contributed by atoms with E-state index in [1.807, 2.05) is 0 Å². The molecule has 1 aromatic rings. The summed E-state index contributed by atoms with van der Waals surface area (Å²) in [5.41, 5.74) is 4.57. The summed E-state index contributed by atoms with van der Waals surface area (Å²) in [6.07, 6.45) is 19.1. The van der Waals surface area contributed by atoms with Crippen LogP contribution in [-0.4, -0.2) is 70.3 Å². The number of carboxylic acids is 1. The lowest BCUT2D eigenvalue weighted by Gasteiger charge is -2.72. The van der Waals surface area contributed by atoms with Crippen LogP contribution in [0.15, 0.2) is 30.3 Å². The molecule has 0 aromatic heterocycles. The van der Waals surface area contributed by atoms with Crippen molar-refractivity contribution in [3.63, 3.8) is 0 Å². The molecule has 1 aromatic carbocycles. The maximum Gasteiger partial charge on any atom is 0.335 e. The summed E-state index contributed by atoms with van der Waals surface area (Å²) < 4.78 is 2.64. The number of piperazine rings is 1. The molecule has 0 bridgehead atoms. The molecule has 0 spiro atoms. The zero-order valence-electron chi connectivity index (χ0n) is 30.7. The third kappa shape index (κ3) is 5.31. The predicted octanol–water partition coefficient (Wildman–Crippen LogP) is 9.00. The van der Waals surface area contributed by atoms with Gasteiger partial charge in [-0.2, -0.15) is 0 Å². The number of allylic oxidation sites excluding steroid dienone is 2. The van der Waals surface area contributed by atoms with Gasteiger partial charge in [-0.15, -0.1) is 0 Å². The molecule has 0 radical (unpaired) electrons. The topological polar surface area (TPSA) is 55.8 Å². The lowest BCUT2D eigenvalue weighted by atomic mass is 9.33. The Morgan fingerprint density at radius 3 is 2.29 bits per heavy atom. The third-order valence-corrected chi connectivity index (χ3v) is 17.9. The first-order valence-corrected chi connectivity index (χ1v) is 20.7. The second kappa shape index (κ2) is 12.1. The van der Waals surface area contributed by atoms with E-state index in [0.29, 0.717) is 33.3 Å². The lowest BCUT2D eigenvalue weighted by molar-refractivity contribution is -0.217. The van der Waals surface area contributed by atoms with Crippen molar-refractivity contribution < 1.29 is 9.90 Å². The van der Waals surface area contributed by atoms with Gasteiger partial charge in [0, 0.05) is 50.1 Å². The van der Waals surface area contributed by atoms with Crippen LogP contribution < -0.4 is 5.32 Å². The fourth-order valence-corrected chi connectivity index (χ4v) is 14.8. The second-order valence-corrected chi connectivity index (χ2v) is 20.1. The standard InChI is InChI=1S/C42H63N3O2S/c1-38(2)32(29-8-10-30(11-9-29)37(46)47)16-19-39(3)35(38)17-20-41(5)36(39)15-14-33-34-7-6-18-42(34,22-21-40(33,41)4)43-23-24-44-25-27-45(28-26-44)48-31-12-13-31/h8-11,16,31,33-36,43H,6-7,12-15,17-28H2,1-5H3,(H,46,47)/t33-,34?,35?,36?,39+,40-,41-,42+/m1/s1. The Bertz CT molecular complexity index is 1410. The van der Waals surface area contributed by atoms with Crippen LogP contribution in [0.1, 0.15) is 128 Å². The van der Waals surface area contributed by atoms with Crippen molar-refractivity contribution in [1.29, 1.82) is 0 Å². The van der Waals surface area contributed by atoms with Gasteiger partial charge in [-0.1, -0.05) is 71.2 Å². The number of nitrogens with one attached hydrogen (secondary N) is 1. The Kier molecular flexibility index (Phi) is 8.54. The number of rotatable bonds is 8. The minimum Gasteiger partial charge on any atom is -0.478 e. The number of carboxylic acid groups (broad SMARTS) is 1. The summed E-state index contributed by atoms with van der Waals surface area (Å²) in [6, 6.07) is 7.69. The van der Waals surface area contributed by atoms with Crippen LogP contribution in [-0.2, 0) is 0 Å². The smallest absolute Gasteiger partial charge is 0.335 e. The Labute approximate surface area is 295 Å². The van der Waals surface area contributed by atoms with E-state index in [1.54, 1.807) is 12.1 Å². The van der Waals surface area contributed by atoms with Crippen molar-refractivity contribution in [2.24, 2.45) is 45.3 Å². The molecule has 6 heteroatoms. The second-order valence-electron chi connectivity index (χ2n) is 18.8. The van der Waals surface area contributed by atoms with E-state index in [0.717, 1.165) is 36.0 Å². The maximum atomic E-state index is 11.5. The summed E-state index contributed by atoms with van der Waals surface area (Å²) in [5, 5.41) is 14.7. The zero-order chi connectivity index (χ0) is 33.5. The van der Waals surface area contributed by atoms with E-state index < -0.39 is 5.97 Å². The normalized spacial score (nSPS) is 42.6. The molecule has 7 aliphatic rings. The van der Waals surface area contributed by atoms with Crippen LogP contribution in [0.5, 0.6) is 0 Å². The molecule has 8 rings (SSSR count). The average molecular weight is 674 g/mol. The number of nitrogens with zero attached hydrogens (tertiary/aromatic N) is 2. The minimum atomic E-state index is -0.845. The van der Waals surface area contributed by atoms with Gasteiger partial charge in [0.2, 0.25) is 0 Å². The molecule has 3 unspecified atom stereocenters. The molecule has 5 saturated carbocycles. The number of carbonyl (C=O) groups is 1. The summed E-state index contributed by atoms with van der Waals surface area (Å²) in [7, 11) is 0. The van der Waals surface area contributed by atoms with Gasteiger partial charge in [0.25, 0.3) is 0 Å². The summed E-state index contributed by atoms with van der Waals surface area (Å²) in [4.78, 5) is 14.3. The third-order valence-electron chi connectivity index (χ3n) is 16.4. The van der Waals surface area contributed by atoms with Gasteiger partial charge in [-0.3, -0.25) is 4.90 Å². The van der Waals surface area contributed by atoms with E-state index >= 15 is 0 Å². The Balaban J connectivity index is 0.969. The van der Waals surface area contributed by atoms with Crippen molar-refractivity contribution in [3.05, 3.63) is 41.5 Å². The first-order valence-electron chi connectivity index (χ1n) is 19.8. The van der Waals surface area contributed by atoms with Gasteiger partial charge >= 0.3 is 5.97 Å². The highest BCUT2D eigenvalue weighted by molar-refractivity contribution is 7.97. The maximum absolute atomic E-state index is 11.5. The van der Waals surface area contributed by atoms with Crippen LogP contribution >= 0.6 is 11.9 Å². The Morgan fingerprint density at radius 2 is 1.58 bits per heavy atom. The van der Waals surface area contributed by atoms with E-state index in [-0.39, 0.29) is 5.41 Å². The van der Waals surface area contributed by atoms with Crippen molar-refractivity contribution in [2.45, 2.75) is 122 Å². The van der Waals surface area contributed by atoms with E-state index in [2.05, 4.69) is 79.3 Å². The largest absolute Gasteiger partial charge is 0.478 e. The highest BCUT2D eigenvalue weighted by Gasteiger charge is 2.69. The van der Waals surface area contributed by atoms with Gasteiger partial charge in [0.05, 0.1) is 5.56 Å². The van der Waals surface area contributed by atoms with Gasteiger partial charge in [0.1, 0.15) is 0 Å². The first kappa shape index (κ1) is 33.8. The highest BCUT2D eigenvalue weighted by atomic mass is 32.2. The molecular formula is C42H63N3O2S. The molecule has 1 aliphatic heterocycles.